The summed E-state index contributed by atoms with van der Waals surface area (Å²) in [6.07, 6.45) is 0.0456. The van der Waals surface area contributed by atoms with Gasteiger partial charge >= 0.3 is 0 Å². The molecule has 1 unspecified atom stereocenters. The molecule has 98 valence electrons. The number of rotatable bonds is 6. The van der Waals surface area contributed by atoms with E-state index < -0.39 is 0 Å². The maximum absolute atomic E-state index is 9.53. The minimum absolute atomic E-state index is 0.0554. The van der Waals surface area contributed by atoms with Crippen LogP contribution in [0.25, 0.3) is 0 Å². The number of ether oxygens (including phenoxy) is 1. The lowest BCUT2D eigenvalue weighted by Gasteiger charge is -2.49. The van der Waals surface area contributed by atoms with Crippen LogP contribution < -0.4 is 0 Å². The number of hydrogen-bond donors (Lipinski definition) is 1. The van der Waals surface area contributed by atoms with E-state index in [1.165, 1.54) is 0 Å². The summed E-state index contributed by atoms with van der Waals surface area (Å²) in [6, 6.07) is 0. The fourth-order valence-corrected chi connectivity index (χ4v) is 1.93. The molecule has 0 heterocycles. The molecule has 0 aliphatic rings. The summed E-state index contributed by atoms with van der Waals surface area (Å²) < 4.78 is 5.85. The average Bonchev–Trinajstić information content (AvgIpc) is 2.12. The Morgan fingerprint density at radius 1 is 0.938 bits per heavy atom. The lowest BCUT2D eigenvalue weighted by Crippen LogP contribution is -2.49. The van der Waals surface area contributed by atoms with Gasteiger partial charge in [0.2, 0.25) is 0 Å². The van der Waals surface area contributed by atoms with Crippen LogP contribution in [0.4, 0.5) is 0 Å². The van der Waals surface area contributed by atoms with Crippen molar-refractivity contribution in [1.82, 2.24) is 0 Å². The van der Waals surface area contributed by atoms with E-state index in [4.69, 9.17) is 4.74 Å². The van der Waals surface area contributed by atoms with Gasteiger partial charge in [-0.15, -0.1) is 0 Å². The predicted octanol–water partition coefficient (Wildman–Crippen LogP) is 3.48. The number of aliphatic hydroxyl groups excluding tert-OH is 1. The van der Waals surface area contributed by atoms with Gasteiger partial charge in [0.05, 0.1) is 18.8 Å². The molecule has 0 spiro atoms. The molecule has 0 saturated carbocycles. The highest BCUT2D eigenvalue weighted by molar-refractivity contribution is 4.94. The van der Waals surface area contributed by atoms with Crippen molar-refractivity contribution < 1.29 is 9.84 Å². The molecular weight excluding hydrogens is 200 g/mol. The molecule has 1 N–H and O–H groups in total. The van der Waals surface area contributed by atoms with Crippen LogP contribution in [0.15, 0.2) is 0 Å². The highest BCUT2D eigenvalue weighted by Gasteiger charge is 2.45. The highest BCUT2D eigenvalue weighted by Crippen LogP contribution is 2.47. The molecule has 0 saturated heterocycles. The molecule has 0 radical (unpaired) electrons. The Kier molecular flexibility index (Phi) is 5.48. The Balaban J connectivity index is 4.98. The van der Waals surface area contributed by atoms with Gasteiger partial charge in [0.1, 0.15) is 0 Å². The SMILES string of the molecule is CC(C)OC(CO)C(C)(C)C(C)(C)C(C)C. The number of hydrogen-bond acceptors (Lipinski definition) is 2. The Labute approximate surface area is 101 Å². The first kappa shape index (κ1) is 15.9. The third-order valence-electron chi connectivity index (χ3n) is 4.51. The molecule has 16 heavy (non-hydrogen) atoms. The van der Waals surface area contributed by atoms with Crippen LogP contribution in [0.1, 0.15) is 55.4 Å². The van der Waals surface area contributed by atoms with Gasteiger partial charge in [-0.3, -0.25) is 0 Å². The van der Waals surface area contributed by atoms with E-state index in [9.17, 15) is 5.11 Å². The Morgan fingerprint density at radius 3 is 1.62 bits per heavy atom. The Bertz CT molecular complexity index is 205. The zero-order chi connectivity index (χ0) is 13.1. The summed E-state index contributed by atoms with van der Waals surface area (Å²) in [7, 11) is 0. The van der Waals surface area contributed by atoms with Gasteiger partial charge in [-0.1, -0.05) is 41.5 Å². The van der Waals surface area contributed by atoms with Crippen molar-refractivity contribution in [1.29, 1.82) is 0 Å². The predicted molar refractivity (Wildman–Crippen MR) is 69.5 cm³/mol. The molecule has 0 fully saturated rings. The second kappa shape index (κ2) is 5.50. The standard InChI is InChI=1S/C14H30O2/c1-10(2)13(5,6)14(7,8)12(9-15)16-11(3)4/h10-12,15H,9H2,1-8H3. The fourth-order valence-electron chi connectivity index (χ4n) is 1.93. The summed E-state index contributed by atoms with van der Waals surface area (Å²) in [4.78, 5) is 0. The fraction of sp³-hybridized carbons (Fsp3) is 1.00. The second-order valence-corrected chi connectivity index (χ2v) is 6.45. The third-order valence-corrected chi connectivity index (χ3v) is 4.51. The van der Waals surface area contributed by atoms with Crippen molar-refractivity contribution in [3.63, 3.8) is 0 Å². The first-order valence-corrected chi connectivity index (χ1v) is 6.33. The first-order chi connectivity index (χ1) is 7.07. The van der Waals surface area contributed by atoms with E-state index in [1.54, 1.807) is 0 Å². The molecule has 0 aliphatic carbocycles. The molecule has 0 bridgehead atoms. The van der Waals surface area contributed by atoms with Crippen molar-refractivity contribution >= 4 is 0 Å². The maximum Gasteiger partial charge on any atom is 0.0865 e. The summed E-state index contributed by atoms with van der Waals surface area (Å²) in [5.74, 6) is 0.548. The first-order valence-electron chi connectivity index (χ1n) is 6.33. The smallest absolute Gasteiger partial charge is 0.0865 e. The summed E-state index contributed by atoms with van der Waals surface area (Å²) >= 11 is 0. The van der Waals surface area contributed by atoms with Crippen molar-refractivity contribution in [3.8, 4) is 0 Å². The number of aliphatic hydroxyl groups is 1. The molecule has 0 aliphatic heterocycles. The minimum Gasteiger partial charge on any atom is -0.394 e. The monoisotopic (exact) mass is 230 g/mol. The van der Waals surface area contributed by atoms with Crippen LogP contribution in [0.5, 0.6) is 0 Å². The van der Waals surface area contributed by atoms with E-state index in [0.29, 0.717) is 5.92 Å². The Hall–Kier alpha value is -0.0800. The zero-order valence-electron chi connectivity index (χ0n) is 12.3. The molecule has 0 aromatic heterocycles. The van der Waals surface area contributed by atoms with Gasteiger partial charge < -0.3 is 9.84 Å². The average molecular weight is 230 g/mol. The molecular formula is C14H30O2. The molecule has 0 rings (SSSR count). The summed E-state index contributed by atoms with van der Waals surface area (Å²) in [5.41, 5.74) is 0.0650. The van der Waals surface area contributed by atoms with Gasteiger partial charge in [0.15, 0.2) is 0 Å². The lowest BCUT2D eigenvalue weighted by molar-refractivity contribution is -0.134. The summed E-state index contributed by atoms with van der Waals surface area (Å²) in [6.45, 7) is 17.5. The molecule has 0 aromatic carbocycles. The maximum atomic E-state index is 9.53. The van der Waals surface area contributed by atoms with E-state index >= 15 is 0 Å². The van der Waals surface area contributed by atoms with E-state index in [-0.39, 0.29) is 29.6 Å². The van der Waals surface area contributed by atoms with Crippen LogP contribution >= 0.6 is 0 Å². The third kappa shape index (κ3) is 3.21. The normalized spacial score (nSPS) is 15.9. The molecule has 2 heteroatoms. The van der Waals surface area contributed by atoms with Crippen molar-refractivity contribution in [2.75, 3.05) is 6.61 Å². The molecule has 1 atom stereocenters. The van der Waals surface area contributed by atoms with Gasteiger partial charge in [0, 0.05) is 0 Å². The zero-order valence-corrected chi connectivity index (χ0v) is 12.3. The molecule has 0 amide bonds. The van der Waals surface area contributed by atoms with Crippen LogP contribution in [0, 0.1) is 16.7 Å². The van der Waals surface area contributed by atoms with Crippen molar-refractivity contribution in [3.05, 3.63) is 0 Å². The van der Waals surface area contributed by atoms with Crippen molar-refractivity contribution in [2.45, 2.75) is 67.6 Å². The van der Waals surface area contributed by atoms with Gasteiger partial charge in [-0.05, 0) is 30.6 Å². The van der Waals surface area contributed by atoms with Crippen molar-refractivity contribution in [2.24, 2.45) is 16.7 Å². The van der Waals surface area contributed by atoms with E-state index in [1.807, 2.05) is 13.8 Å². The van der Waals surface area contributed by atoms with E-state index in [0.717, 1.165) is 0 Å². The lowest BCUT2D eigenvalue weighted by atomic mass is 9.59. The second-order valence-electron chi connectivity index (χ2n) is 6.45. The topological polar surface area (TPSA) is 29.5 Å². The van der Waals surface area contributed by atoms with Gasteiger partial charge in [-0.25, -0.2) is 0 Å². The van der Waals surface area contributed by atoms with Crippen LogP contribution in [-0.2, 0) is 4.74 Å². The highest BCUT2D eigenvalue weighted by atomic mass is 16.5. The van der Waals surface area contributed by atoms with Crippen LogP contribution in [0.2, 0.25) is 0 Å². The van der Waals surface area contributed by atoms with Gasteiger partial charge in [-0.2, -0.15) is 0 Å². The van der Waals surface area contributed by atoms with Gasteiger partial charge in [0.25, 0.3) is 0 Å². The van der Waals surface area contributed by atoms with E-state index in [2.05, 4.69) is 41.5 Å². The Morgan fingerprint density at radius 2 is 1.38 bits per heavy atom. The summed E-state index contributed by atoms with van der Waals surface area (Å²) in [5, 5.41) is 9.53. The molecule has 0 aromatic rings. The molecule has 2 nitrogen and oxygen atoms in total. The van der Waals surface area contributed by atoms with Crippen LogP contribution in [-0.4, -0.2) is 23.9 Å². The largest absolute Gasteiger partial charge is 0.394 e. The quantitative estimate of drug-likeness (QED) is 0.757. The minimum atomic E-state index is -0.107. The van der Waals surface area contributed by atoms with Crippen LogP contribution in [0.3, 0.4) is 0 Å².